The summed E-state index contributed by atoms with van der Waals surface area (Å²) in [7, 11) is -6.13. The van der Waals surface area contributed by atoms with Crippen LogP contribution in [-0.4, -0.2) is 136 Å². The predicted molar refractivity (Wildman–Crippen MR) is 266 cm³/mol. The van der Waals surface area contributed by atoms with Gasteiger partial charge in [0.05, 0.1) is 54.8 Å². The van der Waals surface area contributed by atoms with Crippen LogP contribution in [0.4, 0.5) is 30.2 Å². The molecule has 0 bridgehead atoms. The number of methoxy groups -OCH3 is 2. The molecular formula is C48H60F3N5O12SSi2. The summed E-state index contributed by atoms with van der Waals surface area (Å²) in [5.74, 6) is -1.66. The van der Waals surface area contributed by atoms with Gasteiger partial charge in [-0.3, -0.25) is 24.1 Å². The van der Waals surface area contributed by atoms with Crippen molar-refractivity contribution in [3.05, 3.63) is 82.5 Å². The second-order valence-electron chi connectivity index (χ2n) is 20.0. The van der Waals surface area contributed by atoms with Gasteiger partial charge < -0.3 is 48.9 Å². The molecule has 0 unspecified atom stereocenters. The molecule has 3 amide bonds. The van der Waals surface area contributed by atoms with Crippen LogP contribution >= 0.6 is 0 Å². The quantitative estimate of drug-likeness (QED) is 0.0670. The number of carbonyl (C=O) groups is 4. The molecule has 7 rings (SSSR count). The first-order valence-electron chi connectivity index (χ1n) is 23.0. The number of hydrogen-bond donors (Lipinski definition) is 1. The fourth-order valence-corrected chi connectivity index (χ4v) is 10.7. The highest BCUT2D eigenvalue weighted by Crippen LogP contribution is 2.44. The van der Waals surface area contributed by atoms with Crippen molar-refractivity contribution >= 4 is 72.1 Å². The zero-order valence-electron chi connectivity index (χ0n) is 41.0. The number of hydrogen-bond acceptors (Lipinski definition) is 14. The molecule has 0 saturated heterocycles. The third kappa shape index (κ3) is 11.4. The molecule has 4 aliphatic heterocycles. The van der Waals surface area contributed by atoms with E-state index in [1.807, 2.05) is 4.90 Å². The lowest BCUT2D eigenvalue weighted by Gasteiger charge is -2.28. The number of ether oxygens (including phenoxy) is 6. The Morgan fingerprint density at radius 3 is 1.75 bits per heavy atom. The highest BCUT2D eigenvalue weighted by molar-refractivity contribution is 7.96. The second-order valence-corrected chi connectivity index (χ2v) is 33.2. The standard InChI is InChI=1S/C48H60F3N5O12SSi2/c1-63-40-21-33-36(53(28-65-16-18-70(3,4)5)27-39-44(57)35(26-55(39)45(33)58)30-10-12-31(52)13-11-30)23-42(40)67-14-9-15-68-43-24-37-34(22-41(43)64-2)46(59)54-25-32(69(61,62)48(49,50)51)20-38(54)47(60)56(37)29-66-17-19-71(6,7)8/h10-13,21-26,38-39H,9,14-20,27-29,52H2,1-8H3/t38-,39-/m0/s1. The van der Waals surface area contributed by atoms with Crippen molar-refractivity contribution in [2.45, 2.75) is 81.8 Å². The minimum Gasteiger partial charge on any atom is -0.493 e. The Labute approximate surface area is 413 Å². The summed E-state index contributed by atoms with van der Waals surface area (Å²) in [4.78, 5) is 60.7. The van der Waals surface area contributed by atoms with Crippen LogP contribution in [0.1, 0.15) is 39.1 Å². The fourth-order valence-electron chi connectivity index (χ4n) is 8.29. The van der Waals surface area contributed by atoms with E-state index in [-0.39, 0.29) is 86.1 Å². The average molecular weight is 1040 g/mol. The zero-order valence-corrected chi connectivity index (χ0v) is 43.8. The Kier molecular flexibility index (Phi) is 15.4. The van der Waals surface area contributed by atoms with Crippen molar-refractivity contribution in [1.82, 2.24) is 9.80 Å². The summed E-state index contributed by atoms with van der Waals surface area (Å²) in [5.41, 5.74) is 2.48. The monoisotopic (exact) mass is 1040 g/mol. The first-order chi connectivity index (χ1) is 33.3. The number of nitrogen functional groups attached to an aromatic ring is 1. The van der Waals surface area contributed by atoms with Crippen LogP contribution < -0.4 is 34.5 Å². The van der Waals surface area contributed by atoms with Crippen LogP contribution in [0.25, 0.3) is 5.57 Å². The lowest BCUT2D eigenvalue weighted by Crippen LogP contribution is -2.45. The number of halogens is 3. The maximum atomic E-state index is 14.4. The lowest BCUT2D eigenvalue weighted by atomic mass is 10.0. The Morgan fingerprint density at radius 1 is 0.690 bits per heavy atom. The topological polar surface area (TPSA) is 197 Å². The number of nitrogens with zero attached hydrogens (tertiary/aromatic N) is 4. The predicted octanol–water partition coefficient (Wildman–Crippen LogP) is 7.35. The molecule has 0 fully saturated rings. The highest BCUT2D eigenvalue weighted by Gasteiger charge is 2.53. The Hall–Kier alpha value is -5.89. The molecule has 0 aromatic heterocycles. The van der Waals surface area contributed by atoms with Crippen molar-refractivity contribution in [3.63, 3.8) is 0 Å². The summed E-state index contributed by atoms with van der Waals surface area (Å²) in [5, 5.41) is 0. The van der Waals surface area contributed by atoms with Crippen LogP contribution in [0.5, 0.6) is 23.0 Å². The van der Waals surface area contributed by atoms with E-state index in [1.165, 1.54) is 31.3 Å². The number of rotatable bonds is 20. The third-order valence-corrected chi connectivity index (χ3v) is 17.4. The van der Waals surface area contributed by atoms with E-state index < -0.39 is 72.6 Å². The number of carbonyl (C=O) groups excluding carboxylic acids is 4. The van der Waals surface area contributed by atoms with Gasteiger partial charge in [0, 0.05) is 84.5 Å². The molecule has 2 N–H and O–H groups in total. The van der Waals surface area contributed by atoms with Gasteiger partial charge in [0.2, 0.25) is 0 Å². The van der Waals surface area contributed by atoms with Crippen molar-refractivity contribution in [3.8, 4) is 23.0 Å². The number of Topliss-reactive ketones (excluding diaryl/α,β-unsaturated/α-hetero) is 1. The van der Waals surface area contributed by atoms with E-state index in [0.29, 0.717) is 46.0 Å². The molecule has 23 heteroatoms. The normalized spacial score (nSPS) is 18.4. The third-order valence-electron chi connectivity index (χ3n) is 12.4. The van der Waals surface area contributed by atoms with Crippen molar-refractivity contribution in [2.24, 2.45) is 0 Å². The van der Waals surface area contributed by atoms with E-state index in [0.717, 1.165) is 17.0 Å². The van der Waals surface area contributed by atoms with Gasteiger partial charge in [-0.1, -0.05) is 51.4 Å². The minimum atomic E-state index is -5.85. The van der Waals surface area contributed by atoms with E-state index in [2.05, 4.69) is 39.3 Å². The molecule has 384 valence electrons. The summed E-state index contributed by atoms with van der Waals surface area (Å²) < 4.78 is 102. The number of fused-ring (bicyclic) bond motifs is 4. The molecule has 4 heterocycles. The minimum absolute atomic E-state index is 0.0180. The Bertz CT molecular complexity index is 2740. The molecule has 17 nitrogen and oxygen atoms in total. The first kappa shape index (κ1) is 52.9. The molecule has 71 heavy (non-hydrogen) atoms. The number of nitrogens with two attached hydrogens (primary N) is 1. The van der Waals surface area contributed by atoms with E-state index >= 15 is 0 Å². The van der Waals surface area contributed by atoms with E-state index in [1.54, 1.807) is 42.6 Å². The van der Waals surface area contributed by atoms with Crippen LogP contribution in [0.3, 0.4) is 0 Å². The van der Waals surface area contributed by atoms with Crippen LogP contribution in [-0.2, 0) is 28.9 Å². The van der Waals surface area contributed by atoms with Gasteiger partial charge in [0.25, 0.3) is 27.6 Å². The van der Waals surface area contributed by atoms with Gasteiger partial charge in [-0.05, 0) is 41.9 Å². The molecule has 0 aliphatic carbocycles. The highest BCUT2D eigenvalue weighted by atomic mass is 32.2. The smallest absolute Gasteiger partial charge is 0.493 e. The van der Waals surface area contributed by atoms with Gasteiger partial charge >= 0.3 is 5.51 Å². The van der Waals surface area contributed by atoms with E-state index in [4.69, 9.17) is 34.2 Å². The number of alkyl halides is 3. The number of benzene rings is 3. The van der Waals surface area contributed by atoms with Gasteiger partial charge in [0.15, 0.2) is 28.8 Å². The Morgan fingerprint density at radius 2 is 1.21 bits per heavy atom. The second kappa shape index (κ2) is 20.7. The maximum Gasteiger partial charge on any atom is 0.501 e. The van der Waals surface area contributed by atoms with Gasteiger partial charge in [-0.25, -0.2) is 8.42 Å². The van der Waals surface area contributed by atoms with Gasteiger partial charge in [0.1, 0.15) is 25.5 Å². The summed E-state index contributed by atoms with van der Waals surface area (Å²) in [6, 6.07) is 12.0. The number of amides is 3. The van der Waals surface area contributed by atoms with Gasteiger partial charge in [-0.15, -0.1) is 0 Å². The van der Waals surface area contributed by atoms with Crippen molar-refractivity contribution in [2.75, 3.05) is 76.2 Å². The molecule has 0 radical (unpaired) electrons. The molecule has 4 aliphatic rings. The van der Waals surface area contributed by atoms with Crippen LogP contribution in [0.15, 0.2) is 65.8 Å². The first-order valence-corrected chi connectivity index (χ1v) is 31.9. The number of sulfone groups is 1. The fraction of sp³-hybridized carbons (Fsp3) is 0.458. The van der Waals surface area contributed by atoms with Gasteiger partial charge in [-0.2, -0.15) is 13.2 Å². The summed E-state index contributed by atoms with van der Waals surface area (Å²) in [6.07, 6.45) is 1.54. The van der Waals surface area contributed by atoms with E-state index in [9.17, 15) is 40.8 Å². The largest absolute Gasteiger partial charge is 0.501 e. The molecule has 0 saturated carbocycles. The molecule has 3 aromatic rings. The molecular weight excluding hydrogens is 984 g/mol. The average Bonchev–Trinajstić information content (AvgIpc) is 3.85. The van der Waals surface area contributed by atoms with Crippen LogP contribution in [0, 0.1) is 0 Å². The van der Waals surface area contributed by atoms with Crippen molar-refractivity contribution < 1.29 is 69.2 Å². The molecule has 2 atom stereocenters. The molecule has 3 aromatic carbocycles. The van der Waals surface area contributed by atoms with Crippen LogP contribution in [0.2, 0.25) is 51.4 Å². The maximum absolute atomic E-state index is 14.4. The summed E-state index contributed by atoms with van der Waals surface area (Å²) >= 11 is 0. The summed E-state index contributed by atoms with van der Waals surface area (Å²) in [6.45, 7) is 13.8. The number of ketones is 1. The van der Waals surface area contributed by atoms with Crippen molar-refractivity contribution in [1.29, 1.82) is 0 Å². The Balaban J connectivity index is 1.11. The number of anilines is 3. The lowest BCUT2D eigenvalue weighted by molar-refractivity contribution is -0.123. The zero-order chi connectivity index (χ0) is 51.8. The SMILES string of the molecule is COc1cc2c(cc1OCCCOc1cc3c(cc1OC)C(=O)N1C=C(S(=O)(=O)C(F)(F)F)C[C@H]1C(=O)N3COCC[Si](C)(C)C)N(COCC[Si](C)(C)C)C[C@H]1C(=O)C(c3ccc(N)cc3)=CN1C2=O. The molecule has 0 spiro atoms.